The monoisotopic (exact) mass is 370 g/mol. The van der Waals surface area contributed by atoms with Crippen LogP contribution in [0, 0.1) is 0 Å². The molecule has 1 unspecified atom stereocenters. The maximum absolute atomic E-state index is 12.2. The van der Waals surface area contributed by atoms with Crippen LogP contribution in [-0.4, -0.2) is 42.8 Å². The molecule has 1 N–H and O–H groups in total. The number of ketones is 1. The fourth-order valence-electron chi connectivity index (χ4n) is 3.34. The van der Waals surface area contributed by atoms with Gasteiger partial charge in [0.05, 0.1) is 12.3 Å². The number of likely N-dealkylation sites (tertiary alicyclic amines) is 1. The Kier molecular flexibility index (Phi) is 6.65. The van der Waals surface area contributed by atoms with E-state index < -0.39 is 0 Å². The van der Waals surface area contributed by atoms with Gasteiger partial charge in [0.1, 0.15) is 11.5 Å². The molecule has 3 rings (SSSR count). The molecular weight excluding hydrogens is 344 g/mol. The lowest BCUT2D eigenvalue weighted by Crippen LogP contribution is -2.41. The van der Waals surface area contributed by atoms with Gasteiger partial charge in [-0.3, -0.25) is 14.5 Å². The molecule has 27 heavy (non-hydrogen) atoms. The predicted octanol–water partition coefficient (Wildman–Crippen LogP) is 3.20. The molecule has 0 aliphatic carbocycles. The summed E-state index contributed by atoms with van der Waals surface area (Å²) in [5.74, 6) is 1.15. The van der Waals surface area contributed by atoms with Crippen molar-refractivity contribution in [3.8, 4) is 5.75 Å². The molecule has 6 heteroatoms. The van der Waals surface area contributed by atoms with Gasteiger partial charge < -0.3 is 14.5 Å². The molecular formula is C21H26N2O4. The highest BCUT2D eigenvalue weighted by molar-refractivity contribution is 5.94. The number of hydrogen-bond donors (Lipinski definition) is 1. The number of amides is 1. The molecule has 1 aromatic heterocycles. The molecule has 1 amide bonds. The second-order valence-electron chi connectivity index (χ2n) is 6.80. The zero-order chi connectivity index (χ0) is 19.1. The van der Waals surface area contributed by atoms with E-state index in [0.717, 1.165) is 18.8 Å². The van der Waals surface area contributed by atoms with E-state index in [1.54, 1.807) is 30.5 Å². The Bertz CT molecular complexity index is 751. The molecule has 1 atom stereocenters. The molecule has 144 valence electrons. The molecule has 1 aliphatic rings. The second-order valence-corrected chi connectivity index (χ2v) is 6.80. The van der Waals surface area contributed by atoms with Gasteiger partial charge >= 0.3 is 0 Å². The summed E-state index contributed by atoms with van der Waals surface area (Å²) >= 11 is 0. The fourth-order valence-corrected chi connectivity index (χ4v) is 3.34. The van der Waals surface area contributed by atoms with Crippen LogP contribution in [0.1, 0.15) is 48.3 Å². The highest BCUT2D eigenvalue weighted by Gasteiger charge is 2.24. The van der Waals surface area contributed by atoms with E-state index in [2.05, 4.69) is 10.2 Å². The minimum Gasteiger partial charge on any atom is -0.484 e. The Morgan fingerprint density at radius 3 is 2.70 bits per heavy atom. The Morgan fingerprint density at radius 1 is 1.19 bits per heavy atom. The van der Waals surface area contributed by atoms with Gasteiger partial charge in [0, 0.05) is 12.1 Å². The van der Waals surface area contributed by atoms with Crippen molar-refractivity contribution >= 4 is 11.7 Å². The number of furan rings is 1. The average Bonchev–Trinajstić information content (AvgIpc) is 3.22. The maximum Gasteiger partial charge on any atom is 0.258 e. The van der Waals surface area contributed by atoms with Crippen LogP contribution < -0.4 is 10.1 Å². The van der Waals surface area contributed by atoms with Crippen molar-refractivity contribution in [2.75, 3.05) is 26.2 Å². The number of carbonyl (C=O) groups excluding carboxylic acids is 2. The SMILES string of the molecule is CC(=O)c1cccc(OCC(=O)NCC(c2ccco2)N2CCCCC2)c1. The first-order valence-corrected chi connectivity index (χ1v) is 9.41. The lowest BCUT2D eigenvalue weighted by atomic mass is 10.1. The van der Waals surface area contributed by atoms with Crippen LogP contribution in [0.25, 0.3) is 0 Å². The molecule has 6 nitrogen and oxygen atoms in total. The normalized spacial score (nSPS) is 15.9. The number of nitrogens with one attached hydrogen (secondary N) is 1. The summed E-state index contributed by atoms with van der Waals surface area (Å²) in [5, 5.41) is 2.94. The Balaban J connectivity index is 1.53. The van der Waals surface area contributed by atoms with Gasteiger partial charge in [-0.05, 0) is 57.1 Å². The number of nitrogens with zero attached hydrogens (tertiary/aromatic N) is 1. The van der Waals surface area contributed by atoms with E-state index in [-0.39, 0.29) is 24.3 Å². The number of Topliss-reactive ketones (excluding diaryl/α,β-unsaturated/α-hetero) is 1. The van der Waals surface area contributed by atoms with Crippen molar-refractivity contribution in [1.82, 2.24) is 10.2 Å². The van der Waals surface area contributed by atoms with Crippen LogP contribution in [0.4, 0.5) is 0 Å². The molecule has 0 saturated carbocycles. The van der Waals surface area contributed by atoms with Crippen LogP contribution in [0.5, 0.6) is 5.75 Å². The highest BCUT2D eigenvalue weighted by Crippen LogP contribution is 2.24. The fraction of sp³-hybridized carbons (Fsp3) is 0.429. The van der Waals surface area contributed by atoms with Crippen molar-refractivity contribution in [2.24, 2.45) is 0 Å². The van der Waals surface area contributed by atoms with Crippen molar-refractivity contribution in [1.29, 1.82) is 0 Å². The lowest BCUT2D eigenvalue weighted by molar-refractivity contribution is -0.123. The number of rotatable bonds is 8. The van der Waals surface area contributed by atoms with E-state index in [1.165, 1.54) is 26.2 Å². The van der Waals surface area contributed by atoms with E-state index in [0.29, 0.717) is 17.9 Å². The topological polar surface area (TPSA) is 71.8 Å². The van der Waals surface area contributed by atoms with Gasteiger partial charge in [0.2, 0.25) is 0 Å². The van der Waals surface area contributed by atoms with Gasteiger partial charge in [-0.15, -0.1) is 0 Å². The van der Waals surface area contributed by atoms with Gasteiger partial charge in [0.25, 0.3) is 5.91 Å². The number of ether oxygens (including phenoxy) is 1. The first kappa shape index (κ1) is 19.2. The van der Waals surface area contributed by atoms with Crippen LogP contribution in [0.2, 0.25) is 0 Å². The summed E-state index contributed by atoms with van der Waals surface area (Å²) in [6.45, 7) is 3.90. The van der Waals surface area contributed by atoms with E-state index in [4.69, 9.17) is 9.15 Å². The van der Waals surface area contributed by atoms with E-state index in [1.807, 2.05) is 12.1 Å². The van der Waals surface area contributed by atoms with Gasteiger partial charge in [0.15, 0.2) is 12.4 Å². The zero-order valence-corrected chi connectivity index (χ0v) is 15.6. The number of benzene rings is 1. The summed E-state index contributed by atoms with van der Waals surface area (Å²) < 4.78 is 11.1. The number of piperidine rings is 1. The average molecular weight is 370 g/mol. The van der Waals surface area contributed by atoms with Gasteiger partial charge in [-0.1, -0.05) is 18.6 Å². The summed E-state index contributed by atoms with van der Waals surface area (Å²) in [5.41, 5.74) is 0.566. The third-order valence-corrected chi connectivity index (χ3v) is 4.81. The summed E-state index contributed by atoms with van der Waals surface area (Å²) in [6.07, 6.45) is 5.25. The summed E-state index contributed by atoms with van der Waals surface area (Å²) in [4.78, 5) is 26.0. The molecule has 0 spiro atoms. The highest BCUT2D eigenvalue weighted by atomic mass is 16.5. The molecule has 2 aromatic rings. The van der Waals surface area contributed by atoms with Crippen molar-refractivity contribution in [2.45, 2.75) is 32.2 Å². The Hall–Kier alpha value is -2.60. The molecule has 1 fully saturated rings. The minimum atomic E-state index is -0.197. The predicted molar refractivity (Wildman–Crippen MR) is 102 cm³/mol. The van der Waals surface area contributed by atoms with Crippen LogP contribution in [0.3, 0.4) is 0 Å². The molecule has 1 aliphatic heterocycles. The van der Waals surface area contributed by atoms with E-state index >= 15 is 0 Å². The first-order chi connectivity index (χ1) is 13.1. The molecule has 0 bridgehead atoms. The summed E-state index contributed by atoms with van der Waals surface area (Å²) in [6, 6.07) is 10.7. The Morgan fingerprint density at radius 2 is 2.00 bits per heavy atom. The minimum absolute atomic E-state index is 0.0327. The number of carbonyl (C=O) groups is 2. The van der Waals surface area contributed by atoms with Gasteiger partial charge in [-0.25, -0.2) is 0 Å². The number of hydrogen-bond acceptors (Lipinski definition) is 5. The largest absolute Gasteiger partial charge is 0.484 e. The quantitative estimate of drug-likeness (QED) is 0.723. The second kappa shape index (κ2) is 9.37. The van der Waals surface area contributed by atoms with Crippen LogP contribution >= 0.6 is 0 Å². The standard InChI is InChI=1S/C21H26N2O4/c1-16(24)17-7-5-8-18(13-17)27-15-21(25)22-14-19(20-9-6-12-26-20)23-10-3-2-4-11-23/h5-9,12-13,19H,2-4,10-11,14-15H2,1H3,(H,22,25). The first-order valence-electron chi connectivity index (χ1n) is 9.41. The molecule has 1 saturated heterocycles. The molecule has 0 radical (unpaired) electrons. The maximum atomic E-state index is 12.2. The van der Waals surface area contributed by atoms with Crippen molar-refractivity contribution in [3.63, 3.8) is 0 Å². The van der Waals surface area contributed by atoms with Crippen LogP contribution in [-0.2, 0) is 4.79 Å². The van der Waals surface area contributed by atoms with Crippen molar-refractivity contribution < 1.29 is 18.7 Å². The van der Waals surface area contributed by atoms with Crippen molar-refractivity contribution in [3.05, 3.63) is 54.0 Å². The summed E-state index contributed by atoms with van der Waals surface area (Å²) in [7, 11) is 0. The smallest absolute Gasteiger partial charge is 0.258 e. The van der Waals surface area contributed by atoms with E-state index in [9.17, 15) is 9.59 Å². The third kappa shape index (κ3) is 5.44. The van der Waals surface area contributed by atoms with Crippen LogP contribution in [0.15, 0.2) is 47.1 Å². The lowest BCUT2D eigenvalue weighted by Gasteiger charge is -2.33. The molecule has 2 heterocycles. The molecule has 1 aromatic carbocycles. The van der Waals surface area contributed by atoms with Gasteiger partial charge in [-0.2, -0.15) is 0 Å². The third-order valence-electron chi connectivity index (χ3n) is 4.81. The Labute approximate surface area is 159 Å². The zero-order valence-electron chi connectivity index (χ0n) is 15.6.